The summed E-state index contributed by atoms with van der Waals surface area (Å²) in [6.07, 6.45) is 6.36. The van der Waals surface area contributed by atoms with Gasteiger partial charge in [0, 0.05) is 6.54 Å². The van der Waals surface area contributed by atoms with Gasteiger partial charge in [0.25, 0.3) is 0 Å². The van der Waals surface area contributed by atoms with Crippen LogP contribution >= 0.6 is 9.24 Å². The van der Waals surface area contributed by atoms with Gasteiger partial charge in [-0.15, -0.1) is 0 Å². The summed E-state index contributed by atoms with van der Waals surface area (Å²) in [4.78, 5) is 2.10. The molecule has 2 heteroatoms. The maximum Gasteiger partial charge on any atom is 0.00211 e. The second kappa shape index (κ2) is 10.9. The van der Waals surface area contributed by atoms with Gasteiger partial charge >= 0.3 is 0 Å². The normalized spacial score (nSPS) is 10.3. The van der Waals surface area contributed by atoms with Crippen LogP contribution in [0.5, 0.6) is 0 Å². The van der Waals surface area contributed by atoms with Crippen molar-refractivity contribution in [2.24, 2.45) is 0 Å². The highest BCUT2D eigenvalue weighted by Crippen LogP contribution is 2.00. The van der Waals surface area contributed by atoms with E-state index in [-0.39, 0.29) is 0 Å². The number of allylic oxidation sites excluding steroid dienone is 1. The Balaban J connectivity index is 0.000000325. The Morgan fingerprint density at radius 1 is 1.19 bits per heavy atom. The molecule has 0 atom stereocenters. The van der Waals surface area contributed by atoms with E-state index in [1.165, 1.54) is 5.56 Å². The molecule has 0 aliphatic carbocycles. The maximum atomic E-state index is 4.02. The molecule has 0 N–H and O–H groups in total. The number of nitrogens with zero attached hydrogens (tertiary/aromatic N) is 1. The monoisotopic (exact) mass is 235 g/mol. The van der Waals surface area contributed by atoms with Gasteiger partial charge in [-0.1, -0.05) is 49.4 Å². The van der Waals surface area contributed by atoms with E-state index in [2.05, 4.69) is 57.5 Å². The molecular weight excluding hydrogens is 213 g/mol. The fourth-order valence-electron chi connectivity index (χ4n) is 1.02. The van der Waals surface area contributed by atoms with Gasteiger partial charge in [0.2, 0.25) is 0 Å². The molecule has 0 fully saturated rings. The Hall–Kier alpha value is -0.650. The lowest BCUT2D eigenvalue weighted by atomic mass is 10.2. The van der Waals surface area contributed by atoms with E-state index in [0.717, 1.165) is 19.1 Å². The minimum Gasteiger partial charge on any atom is -0.309 e. The Morgan fingerprint density at radius 3 is 2.19 bits per heavy atom. The molecule has 1 aromatic rings. The van der Waals surface area contributed by atoms with Crippen LogP contribution in [0.3, 0.4) is 0 Å². The van der Waals surface area contributed by atoms with E-state index in [1.807, 2.05) is 20.2 Å². The SMILES string of the molecule is CCC=Cc1ccccc1.CN(C)CC[P]. The number of benzene rings is 1. The summed E-state index contributed by atoms with van der Waals surface area (Å²) in [7, 11) is 8.09. The predicted octanol–water partition coefficient (Wildman–Crippen LogP) is 4.07. The van der Waals surface area contributed by atoms with Crippen molar-refractivity contribution in [3.63, 3.8) is 0 Å². The van der Waals surface area contributed by atoms with Gasteiger partial charge in [-0.05, 0) is 41.5 Å². The highest BCUT2D eigenvalue weighted by molar-refractivity contribution is 7.16. The quantitative estimate of drug-likeness (QED) is 0.711. The Morgan fingerprint density at radius 2 is 1.81 bits per heavy atom. The first-order valence-electron chi connectivity index (χ1n) is 5.67. The van der Waals surface area contributed by atoms with Gasteiger partial charge in [0.05, 0.1) is 0 Å². The van der Waals surface area contributed by atoms with Crippen molar-refractivity contribution in [1.82, 2.24) is 4.90 Å². The van der Waals surface area contributed by atoms with Crippen molar-refractivity contribution in [3.8, 4) is 0 Å². The van der Waals surface area contributed by atoms with Crippen LogP contribution < -0.4 is 0 Å². The highest BCUT2D eigenvalue weighted by atomic mass is 31.0. The summed E-state index contributed by atoms with van der Waals surface area (Å²) >= 11 is 0. The molecule has 0 saturated heterocycles. The molecule has 0 amide bonds. The molecule has 16 heavy (non-hydrogen) atoms. The van der Waals surface area contributed by atoms with E-state index in [9.17, 15) is 0 Å². The lowest BCUT2D eigenvalue weighted by Crippen LogP contribution is -2.13. The van der Waals surface area contributed by atoms with Gasteiger partial charge in [-0.25, -0.2) is 0 Å². The summed E-state index contributed by atoms with van der Waals surface area (Å²) < 4.78 is 0. The van der Waals surface area contributed by atoms with Crippen LogP contribution in [0.4, 0.5) is 0 Å². The molecule has 1 nitrogen and oxygen atoms in total. The molecule has 88 valence electrons. The van der Waals surface area contributed by atoms with Crippen LogP contribution in [-0.2, 0) is 0 Å². The van der Waals surface area contributed by atoms with E-state index in [0.29, 0.717) is 0 Å². The van der Waals surface area contributed by atoms with Crippen LogP contribution in [0.15, 0.2) is 36.4 Å². The van der Waals surface area contributed by atoms with Gasteiger partial charge in [-0.3, -0.25) is 0 Å². The zero-order valence-corrected chi connectivity index (χ0v) is 11.5. The largest absolute Gasteiger partial charge is 0.309 e. The number of rotatable bonds is 4. The smallest absolute Gasteiger partial charge is 0.00211 e. The van der Waals surface area contributed by atoms with Crippen LogP contribution in [0, 0.1) is 0 Å². The molecule has 0 spiro atoms. The molecular formula is C14H22NP. The average molecular weight is 235 g/mol. The molecule has 1 aromatic carbocycles. The summed E-state index contributed by atoms with van der Waals surface area (Å²) in [5.74, 6) is 0. The maximum absolute atomic E-state index is 4.02. The summed E-state index contributed by atoms with van der Waals surface area (Å²) in [6.45, 7) is 3.21. The average Bonchev–Trinajstić information content (AvgIpc) is 2.28. The van der Waals surface area contributed by atoms with Crippen LogP contribution in [0.1, 0.15) is 18.9 Å². The van der Waals surface area contributed by atoms with E-state index >= 15 is 0 Å². The molecule has 0 saturated carbocycles. The minimum atomic E-state index is 0.951. The minimum absolute atomic E-state index is 0.951. The lowest BCUT2D eigenvalue weighted by molar-refractivity contribution is 0.437. The predicted molar refractivity (Wildman–Crippen MR) is 76.1 cm³/mol. The number of hydrogen-bond donors (Lipinski definition) is 0. The Labute approximate surface area is 103 Å². The van der Waals surface area contributed by atoms with Crippen molar-refractivity contribution < 1.29 is 0 Å². The second-order valence-corrected chi connectivity index (χ2v) is 4.20. The van der Waals surface area contributed by atoms with Crippen LogP contribution in [-0.4, -0.2) is 31.7 Å². The summed E-state index contributed by atoms with van der Waals surface area (Å²) in [6, 6.07) is 10.3. The van der Waals surface area contributed by atoms with Gasteiger partial charge in [0.1, 0.15) is 0 Å². The van der Waals surface area contributed by atoms with Crippen molar-refractivity contribution in [2.75, 3.05) is 26.8 Å². The van der Waals surface area contributed by atoms with E-state index in [4.69, 9.17) is 0 Å². The van der Waals surface area contributed by atoms with Crippen molar-refractivity contribution in [1.29, 1.82) is 0 Å². The molecule has 0 aliphatic heterocycles. The topological polar surface area (TPSA) is 3.24 Å². The molecule has 0 unspecified atom stereocenters. The molecule has 0 bridgehead atoms. The fraction of sp³-hybridized carbons (Fsp3) is 0.429. The van der Waals surface area contributed by atoms with E-state index in [1.54, 1.807) is 0 Å². The highest BCUT2D eigenvalue weighted by Gasteiger charge is 1.80. The molecule has 0 aliphatic rings. The van der Waals surface area contributed by atoms with Crippen LogP contribution in [0.2, 0.25) is 0 Å². The zero-order chi connectivity index (χ0) is 12.2. The van der Waals surface area contributed by atoms with Crippen molar-refractivity contribution in [3.05, 3.63) is 42.0 Å². The fourth-order valence-corrected chi connectivity index (χ4v) is 1.42. The first-order valence-corrected chi connectivity index (χ1v) is 6.31. The molecule has 0 heterocycles. The summed E-state index contributed by atoms with van der Waals surface area (Å²) in [5.41, 5.74) is 1.28. The Bertz CT molecular complexity index is 267. The first kappa shape index (κ1) is 15.3. The van der Waals surface area contributed by atoms with Gasteiger partial charge in [0.15, 0.2) is 0 Å². The van der Waals surface area contributed by atoms with Crippen LogP contribution in [0.25, 0.3) is 6.08 Å². The third-order valence-electron chi connectivity index (χ3n) is 1.89. The Kier molecular flexibility index (Phi) is 10.4. The molecule has 2 radical (unpaired) electrons. The van der Waals surface area contributed by atoms with Gasteiger partial charge in [-0.2, -0.15) is 0 Å². The molecule has 1 rings (SSSR count). The standard InChI is InChI=1S/C10H12.C4H10NP/c1-2-3-7-10-8-5-4-6-9-10;1-5(2)3-4-6/h3-9H,2H2,1H3;3-4H2,1-2H3. The first-order chi connectivity index (χ1) is 7.70. The van der Waals surface area contributed by atoms with E-state index < -0.39 is 0 Å². The third-order valence-corrected chi connectivity index (χ3v) is 2.09. The molecule has 0 aromatic heterocycles. The second-order valence-electron chi connectivity index (χ2n) is 3.75. The summed E-state index contributed by atoms with van der Waals surface area (Å²) in [5, 5.41) is 0. The number of hydrogen-bond acceptors (Lipinski definition) is 1. The lowest BCUT2D eigenvalue weighted by Gasteiger charge is -2.03. The van der Waals surface area contributed by atoms with Gasteiger partial charge < -0.3 is 4.90 Å². The third kappa shape index (κ3) is 9.89. The zero-order valence-electron chi connectivity index (χ0n) is 10.6. The van der Waals surface area contributed by atoms with Crippen molar-refractivity contribution >= 4 is 15.3 Å². The van der Waals surface area contributed by atoms with Crippen molar-refractivity contribution in [2.45, 2.75) is 13.3 Å².